The minimum atomic E-state index is -1.19. The van der Waals surface area contributed by atoms with Gasteiger partial charge < -0.3 is 0 Å². The minimum Gasteiger partial charge on any atom is -0.239 e. The van der Waals surface area contributed by atoms with E-state index in [1.807, 2.05) is 0 Å². The van der Waals surface area contributed by atoms with E-state index >= 15 is 0 Å². The molecular weight excluding hydrogens is 255 g/mol. The number of hydrogen-bond acceptors (Lipinski definition) is 2. The first-order valence-electron chi connectivity index (χ1n) is 5.57. The van der Waals surface area contributed by atoms with Crippen molar-refractivity contribution < 1.29 is 13.2 Å². The monoisotopic (exact) mass is 263 g/mol. The van der Waals surface area contributed by atoms with E-state index in [9.17, 15) is 13.2 Å². The average Bonchev–Trinajstić information content (AvgIpc) is 2.83. The van der Waals surface area contributed by atoms with E-state index in [1.165, 1.54) is 16.9 Å². The van der Waals surface area contributed by atoms with Crippen molar-refractivity contribution in [1.29, 1.82) is 0 Å². The van der Waals surface area contributed by atoms with Crippen molar-refractivity contribution in [1.82, 2.24) is 14.6 Å². The predicted molar refractivity (Wildman–Crippen MR) is 62.1 cm³/mol. The van der Waals surface area contributed by atoms with Crippen molar-refractivity contribution >= 4 is 5.52 Å². The molecule has 0 saturated heterocycles. The van der Waals surface area contributed by atoms with Crippen molar-refractivity contribution in [3.8, 4) is 0 Å². The Morgan fingerprint density at radius 3 is 2.68 bits per heavy atom. The first-order valence-corrected chi connectivity index (χ1v) is 5.57. The summed E-state index contributed by atoms with van der Waals surface area (Å²) in [5, 5.41) is 4.03. The molecule has 6 heteroatoms. The van der Waals surface area contributed by atoms with Crippen molar-refractivity contribution in [2.24, 2.45) is 0 Å². The number of benzene rings is 1. The second kappa shape index (κ2) is 4.38. The first kappa shape index (κ1) is 11.7. The Morgan fingerprint density at radius 1 is 1.05 bits per heavy atom. The van der Waals surface area contributed by atoms with E-state index in [-0.39, 0.29) is 12.0 Å². The van der Waals surface area contributed by atoms with Gasteiger partial charge in [0.2, 0.25) is 0 Å². The fraction of sp³-hybridized carbons (Fsp3) is 0.0769. The molecule has 0 saturated carbocycles. The van der Waals surface area contributed by atoms with Crippen LogP contribution in [0.2, 0.25) is 0 Å². The van der Waals surface area contributed by atoms with Gasteiger partial charge in [-0.2, -0.15) is 5.10 Å². The summed E-state index contributed by atoms with van der Waals surface area (Å²) in [7, 11) is 0. The van der Waals surface area contributed by atoms with Gasteiger partial charge in [0.05, 0.1) is 11.7 Å². The topological polar surface area (TPSA) is 30.2 Å². The van der Waals surface area contributed by atoms with E-state index < -0.39 is 17.5 Å². The molecule has 0 atom stereocenters. The highest BCUT2D eigenvalue weighted by Gasteiger charge is 2.16. The van der Waals surface area contributed by atoms with Crippen LogP contribution in [-0.4, -0.2) is 14.6 Å². The van der Waals surface area contributed by atoms with Gasteiger partial charge in [0, 0.05) is 18.2 Å². The molecule has 96 valence electrons. The maximum Gasteiger partial charge on any atom is 0.165 e. The van der Waals surface area contributed by atoms with Crippen molar-refractivity contribution in [2.75, 3.05) is 0 Å². The lowest BCUT2D eigenvalue weighted by atomic mass is 10.1. The third-order valence-corrected chi connectivity index (χ3v) is 2.84. The van der Waals surface area contributed by atoms with Gasteiger partial charge in [0.1, 0.15) is 11.6 Å². The number of nitrogens with zero attached hydrogens (tertiary/aromatic N) is 3. The van der Waals surface area contributed by atoms with Crippen molar-refractivity contribution in [2.45, 2.75) is 6.42 Å². The van der Waals surface area contributed by atoms with E-state index in [1.54, 1.807) is 12.1 Å². The molecule has 0 bridgehead atoms. The Bertz CT molecular complexity index is 752. The average molecular weight is 263 g/mol. The van der Waals surface area contributed by atoms with Gasteiger partial charge in [-0.25, -0.2) is 22.7 Å². The summed E-state index contributed by atoms with van der Waals surface area (Å²) < 4.78 is 41.7. The van der Waals surface area contributed by atoms with Crippen LogP contribution >= 0.6 is 0 Å². The molecule has 19 heavy (non-hydrogen) atoms. The summed E-state index contributed by atoms with van der Waals surface area (Å²) in [4.78, 5) is 4.05. The van der Waals surface area contributed by atoms with Crippen LogP contribution in [0.3, 0.4) is 0 Å². The minimum absolute atomic E-state index is 0.166. The molecule has 1 aromatic carbocycles. The number of halogens is 3. The quantitative estimate of drug-likeness (QED) is 0.665. The van der Waals surface area contributed by atoms with Gasteiger partial charge >= 0.3 is 0 Å². The molecule has 0 fully saturated rings. The van der Waals surface area contributed by atoms with Gasteiger partial charge in [0.25, 0.3) is 0 Å². The molecule has 0 unspecified atom stereocenters. The van der Waals surface area contributed by atoms with Crippen LogP contribution in [0.1, 0.15) is 11.4 Å². The van der Waals surface area contributed by atoms with Gasteiger partial charge in [-0.3, -0.25) is 0 Å². The van der Waals surface area contributed by atoms with Crippen LogP contribution in [0.5, 0.6) is 0 Å². The summed E-state index contributed by atoms with van der Waals surface area (Å²) >= 11 is 0. The number of rotatable bonds is 2. The molecule has 2 aromatic heterocycles. The van der Waals surface area contributed by atoms with Gasteiger partial charge in [-0.15, -0.1) is 0 Å². The van der Waals surface area contributed by atoms with E-state index in [2.05, 4.69) is 10.1 Å². The van der Waals surface area contributed by atoms with E-state index in [0.29, 0.717) is 11.3 Å². The molecule has 3 rings (SSSR count). The van der Waals surface area contributed by atoms with Crippen molar-refractivity contribution in [3.63, 3.8) is 0 Å². The van der Waals surface area contributed by atoms with E-state index in [0.717, 1.165) is 12.1 Å². The summed E-state index contributed by atoms with van der Waals surface area (Å²) in [6.45, 7) is 0. The molecule has 0 aliphatic heterocycles. The Kier molecular flexibility index (Phi) is 2.70. The summed E-state index contributed by atoms with van der Waals surface area (Å²) in [6, 6.07) is 5.15. The normalized spacial score (nSPS) is 11.1. The zero-order chi connectivity index (χ0) is 13.4. The number of hydrogen-bond donors (Lipinski definition) is 0. The molecular formula is C13H8F3N3. The third-order valence-electron chi connectivity index (χ3n) is 2.84. The first-order chi connectivity index (χ1) is 9.16. The molecule has 0 radical (unpaired) electrons. The lowest BCUT2D eigenvalue weighted by Crippen LogP contribution is -2.04. The highest BCUT2D eigenvalue weighted by molar-refractivity contribution is 5.44. The predicted octanol–water partition coefficient (Wildman–Crippen LogP) is 2.74. The van der Waals surface area contributed by atoms with Crippen LogP contribution in [0.4, 0.5) is 13.2 Å². The van der Waals surface area contributed by atoms with Gasteiger partial charge in [0.15, 0.2) is 11.6 Å². The largest absolute Gasteiger partial charge is 0.239 e. The maximum atomic E-state index is 13.6. The molecule has 0 aliphatic rings. The molecule has 2 heterocycles. The van der Waals surface area contributed by atoms with Crippen molar-refractivity contribution in [3.05, 3.63) is 65.5 Å². The molecule has 3 aromatic rings. The summed E-state index contributed by atoms with van der Waals surface area (Å²) in [5.74, 6) is -2.72. The van der Waals surface area contributed by atoms with Gasteiger partial charge in [-0.05, 0) is 24.3 Å². The molecule has 0 N–H and O–H groups in total. The van der Waals surface area contributed by atoms with Crippen LogP contribution in [0.15, 0.2) is 36.7 Å². The third kappa shape index (κ3) is 1.95. The fourth-order valence-electron chi connectivity index (χ4n) is 1.90. The highest BCUT2D eigenvalue weighted by Crippen LogP contribution is 2.19. The lowest BCUT2D eigenvalue weighted by Gasteiger charge is -2.05. The van der Waals surface area contributed by atoms with E-state index in [4.69, 9.17) is 0 Å². The number of imidazole rings is 1. The standard InChI is InChI=1S/C13H8F3N3/c14-10-3-4-11(15)13(16)9(10)6-12-17-7-8-2-1-5-18-19(8)12/h1-5,7H,6H2. The highest BCUT2D eigenvalue weighted by atomic mass is 19.2. The molecule has 0 aliphatic carbocycles. The zero-order valence-electron chi connectivity index (χ0n) is 9.65. The van der Waals surface area contributed by atoms with Crippen LogP contribution in [0.25, 0.3) is 5.52 Å². The molecule has 0 amide bonds. The van der Waals surface area contributed by atoms with Crippen LogP contribution < -0.4 is 0 Å². The second-order valence-corrected chi connectivity index (χ2v) is 4.03. The number of aromatic nitrogens is 3. The summed E-state index contributed by atoms with van der Waals surface area (Å²) in [5.41, 5.74) is 0.355. The zero-order valence-corrected chi connectivity index (χ0v) is 9.65. The second-order valence-electron chi connectivity index (χ2n) is 4.03. The molecule has 0 spiro atoms. The molecule has 3 nitrogen and oxygen atoms in total. The Hall–Kier alpha value is -2.37. The Labute approximate surface area is 106 Å². The Balaban J connectivity index is 2.09. The van der Waals surface area contributed by atoms with Crippen LogP contribution in [0, 0.1) is 17.5 Å². The number of fused-ring (bicyclic) bond motifs is 1. The summed E-state index contributed by atoms with van der Waals surface area (Å²) in [6.07, 6.45) is 2.91. The SMILES string of the molecule is Fc1ccc(F)c(Cc2ncc3cccnn23)c1F. The smallest absolute Gasteiger partial charge is 0.165 e. The Morgan fingerprint density at radius 2 is 1.84 bits per heavy atom. The van der Waals surface area contributed by atoms with Gasteiger partial charge in [-0.1, -0.05) is 0 Å². The maximum absolute atomic E-state index is 13.6. The lowest BCUT2D eigenvalue weighted by molar-refractivity contribution is 0.481. The fourth-order valence-corrected chi connectivity index (χ4v) is 1.90. The van der Waals surface area contributed by atoms with Crippen LogP contribution in [-0.2, 0) is 6.42 Å².